The molecule has 0 radical (unpaired) electrons. The minimum absolute atomic E-state index is 0.0601. The Bertz CT molecular complexity index is 2260. The van der Waals surface area contributed by atoms with Crippen LogP contribution in [0.3, 0.4) is 0 Å². The molecule has 0 fully saturated rings. The van der Waals surface area contributed by atoms with E-state index in [-0.39, 0.29) is 31.4 Å². The molecule has 4 N–H and O–H groups in total. The summed E-state index contributed by atoms with van der Waals surface area (Å²) in [6.07, 6.45) is 5.63. The van der Waals surface area contributed by atoms with Crippen molar-refractivity contribution in [2.75, 3.05) is 26.2 Å². The number of carboxylic acids is 2. The summed E-state index contributed by atoms with van der Waals surface area (Å²) >= 11 is 6.81. The molecule has 1 atom stereocenters. The van der Waals surface area contributed by atoms with Gasteiger partial charge in [0.05, 0.1) is 5.56 Å². The van der Waals surface area contributed by atoms with E-state index in [4.69, 9.17) is 41.0 Å². The summed E-state index contributed by atoms with van der Waals surface area (Å²) in [5.74, 6) is -0.306. The molecule has 13 heteroatoms. The summed E-state index contributed by atoms with van der Waals surface area (Å²) in [5.41, 5.74) is 9.76. The van der Waals surface area contributed by atoms with Crippen LogP contribution in [-0.4, -0.2) is 58.4 Å². The second kappa shape index (κ2) is 20.4. The number of rotatable bonds is 21. The first-order valence-corrected chi connectivity index (χ1v) is 19.7. The zero-order chi connectivity index (χ0) is 40.9. The van der Waals surface area contributed by atoms with Crippen LogP contribution in [0.15, 0.2) is 85.2 Å². The van der Waals surface area contributed by atoms with Crippen molar-refractivity contribution >= 4 is 23.5 Å². The normalized spacial score (nSPS) is 13.1. The summed E-state index contributed by atoms with van der Waals surface area (Å²) in [4.78, 5) is 30.5. The van der Waals surface area contributed by atoms with E-state index in [1.54, 1.807) is 18.3 Å². The fourth-order valence-corrected chi connectivity index (χ4v) is 7.24. The monoisotopic (exact) mass is 803 g/mol. The number of aliphatic carboxylic acids is 2. The summed E-state index contributed by atoms with van der Waals surface area (Å²) in [6, 6.07) is 26.3. The Morgan fingerprint density at radius 3 is 2.36 bits per heavy atom. The van der Waals surface area contributed by atoms with Crippen LogP contribution < -0.4 is 24.8 Å². The van der Waals surface area contributed by atoms with Crippen LogP contribution in [0, 0.1) is 18.3 Å². The van der Waals surface area contributed by atoms with Gasteiger partial charge in [-0.1, -0.05) is 60.1 Å². The SMILES string of the molecule is Cc1c(-c2ccc(OCCNCCCC(=O)O)cc2)cccc1-c1cccc2c1CC[C@@H]2Oc1nc(OCc2cncc(C#N)c2)c(CNCCCC(=O)O)cc1Cl. The van der Waals surface area contributed by atoms with Crippen molar-refractivity contribution in [3.8, 4) is 45.8 Å². The molecule has 0 unspecified atom stereocenters. The third-order valence-corrected chi connectivity index (χ3v) is 10.2. The van der Waals surface area contributed by atoms with Crippen molar-refractivity contribution < 1.29 is 34.0 Å². The van der Waals surface area contributed by atoms with Gasteiger partial charge in [-0.15, -0.1) is 0 Å². The topological polar surface area (TPSA) is 176 Å². The Morgan fingerprint density at radius 1 is 0.879 bits per heavy atom. The Labute approximate surface area is 342 Å². The van der Waals surface area contributed by atoms with Gasteiger partial charge in [0.25, 0.3) is 0 Å². The standard InChI is InChI=1S/C45H46ClN5O7/c1-29-35(32-12-14-34(15-13-32)56-21-20-48-18-4-10-42(52)53)6-2-7-36(29)37-8-3-9-39-38(37)16-17-41(39)58-45-40(46)23-33(27-49-19-5-11-43(54)55)44(51-45)57-28-31-22-30(24-47)25-50-26-31/h2-3,6-9,12-15,22-23,25-26,41,48-49H,4-5,10-11,16-21,27-28H2,1H3,(H,52,53)(H,54,55)/t41-/m0/s1. The van der Waals surface area contributed by atoms with Crippen molar-refractivity contribution in [1.82, 2.24) is 20.6 Å². The van der Waals surface area contributed by atoms with Crippen LogP contribution >= 0.6 is 11.6 Å². The van der Waals surface area contributed by atoms with Crippen molar-refractivity contribution in [1.29, 1.82) is 5.26 Å². The van der Waals surface area contributed by atoms with Crippen LogP contribution in [-0.2, 0) is 29.2 Å². The van der Waals surface area contributed by atoms with Crippen molar-refractivity contribution in [3.05, 3.63) is 124 Å². The van der Waals surface area contributed by atoms with E-state index < -0.39 is 11.9 Å². The number of pyridine rings is 2. The Balaban J connectivity index is 1.16. The fraction of sp³-hybridized carbons (Fsp3) is 0.311. The van der Waals surface area contributed by atoms with Crippen LogP contribution in [0.4, 0.5) is 0 Å². The number of ether oxygens (including phenoxy) is 3. The van der Waals surface area contributed by atoms with Gasteiger partial charge >= 0.3 is 11.9 Å². The Hall–Kier alpha value is -6.00. The number of carboxylic acid groups (broad SMARTS) is 2. The van der Waals surface area contributed by atoms with Gasteiger partial charge in [-0.3, -0.25) is 14.6 Å². The molecule has 0 saturated heterocycles. The molecular formula is C45H46ClN5O7. The quantitative estimate of drug-likeness (QED) is 0.0526. The number of benzene rings is 3. The number of nitrogens with zero attached hydrogens (tertiary/aromatic N) is 3. The van der Waals surface area contributed by atoms with E-state index in [1.165, 1.54) is 11.8 Å². The summed E-state index contributed by atoms with van der Waals surface area (Å²) < 4.78 is 18.6. The number of halogens is 1. The number of nitriles is 1. The molecule has 300 valence electrons. The maximum atomic E-state index is 11.0. The van der Waals surface area contributed by atoms with E-state index in [0.29, 0.717) is 73.2 Å². The first kappa shape index (κ1) is 41.6. The highest BCUT2D eigenvalue weighted by Gasteiger charge is 2.29. The Kier molecular flexibility index (Phi) is 14.7. The molecule has 58 heavy (non-hydrogen) atoms. The maximum absolute atomic E-state index is 11.0. The Morgan fingerprint density at radius 2 is 1.60 bits per heavy atom. The number of fused-ring (bicyclic) bond motifs is 1. The average Bonchev–Trinajstić information content (AvgIpc) is 3.64. The second-order valence-electron chi connectivity index (χ2n) is 14.0. The van der Waals surface area contributed by atoms with E-state index in [2.05, 4.69) is 77.1 Å². The van der Waals surface area contributed by atoms with Gasteiger partial charge in [0.2, 0.25) is 11.8 Å². The maximum Gasteiger partial charge on any atom is 0.303 e. The lowest BCUT2D eigenvalue weighted by Crippen LogP contribution is -2.22. The molecule has 6 rings (SSSR count). The lowest BCUT2D eigenvalue weighted by atomic mass is 9.89. The molecule has 3 aromatic carbocycles. The van der Waals surface area contributed by atoms with E-state index in [1.807, 2.05) is 12.1 Å². The molecular weight excluding hydrogens is 758 g/mol. The predicted molar refractivity (Wildman–Crippen MR) is 220 cm³/mol. The molecule has 12 nitrogen and oxygen atoms in total. The summed E-state index contributed by atoms with van der Waals surface area (Å²) in [7, 11) is 0. The second-order valence-corrected chi connectivity index (χ2v) is 14.4. The minimum Gasteiger partial charge on any atom is -0.492 e. The molecule has 0 aliphatic heterocycles. The zero-order valence-electron chi connectivity index (χ0n) is 32.3. The lowest BCUT2D eigenvalue weighted by molar-refractivity contribution is -0.138. The summed E-state index contributed by atoms with van der Waals surface area (Å²) in [5, 5.41) is 33.9. The van der Waals surface area contributed by atoms with Crippen LogP contribution in [0.1, 0.15) is 71.6 Å². The van der Waals surface area contributed by atoms with Crippen LogP contribution in [0.25, 0.3) is 22.3 Å². The van der Waals surface area contributed by atoms with E-state index >= 15 is 0 Å². The van der Waals surface area contributed by atoms with Crippen LogP contribution in [0.2, 0.25) is 5.02 Å². The minimum atomic E-state index is -0.849. The first-order chi connectivity index (χ1) is 28.2. The molecule has 0 saturated carbocycles. The van der Waals surface area contributed by atoms with Gasteiger partial charge in [0, 0.05) is 49.5 Å². The highest BCUT2D eigenvalue weighted by atomic mass is 35.5. The van der Waals surface area contributed by atoms with Gasteiger partial charge < -0.3 is 35.1 Å². The first-order valence-electron chi connectivity index (χ1n) is 19.3. The number of hydrogen-bond donors (Lipinski definition) is 4. The largest absolute Gasteiger partial charge is 0.492 e. The van der Waals surface area contributed by atoms with Crippen molar-refractivity contribution in [2.24, 2.45) is 0 Å². The molecule has 0 spiro atoms. The van der Waals surface area contributed by atoms with E-state index in [0.717, 1.165) is 52.0 Å². The fourth-order valence-electron chi connectivity index (χ4n) is 7.02. The van der Waals surface area contributed by atoms with Crippen molar-refractivity contribution in [2.45, 2.75) is 64.7 Å². The third-order valence-electron chi connectivity index (χ3n) is 9.89. The lowest BCUT2D eigenvalue weighted by Gasteiger charge is -2.19. The highest BCUT2D eigenvalue weighted by Crippen LogP contribution is 2.43. The molecule has 1 aliphatic carbocycles. The van der Waals surface area contributed by atoms with Gasteiger partial charge in [-0.25, -0.2) is 0 Å². The summed E-state index contributed by atoms with van der Waals surface area (Å²) in [6.45, 7) is 4.85. The molecule has 2 aromatic heterocycles. The molecule has 0 amide bonds. The van der Waals surface area contributed by atoms with Gasteiger partial charge in [0.15, 0.2) is 0 Å². The molecule has 0 bridgehead atoms. The number of carbonyl (C=O) groups is 2. The average molecular weight is 804 g/mol. The smallest absolute Gasteiger partial charge is 0.303 e. The molecule has 5 aromatic rings. The highest BCUT2D eigenvalue weighted by molar-refractivity contribution is 6.31. The number of aromatic nitrogens is 2. The predicted octanol–water partition coefficient (Wildman–Crippen LogP) is 8.08. The van der Waals surface area contributed by atoms with Crippen LogP contribution in [0.5, 0.6) is 17.5 Å². The number of hydrogen-bond acceptors (Lipinski definition) is 10. The van der Waals surface area contributed by atoms with Gasteiger partial charge in [0.1, 0.15) is 36.2 Å². The van der Waals surface area contributed by atoms with Crippen molar-refractivity contribution in [3.63, 3.8) is 0 Å². The number of nitrogens with one attached hydrogen (secondary N) is 2. The molecule has 1 aliphatic rings. The third kappa shape index (κ3) is 11.1. The molecule has 2 heterocycles. The zero-order valence-corrected chi connectivity index (χ0v) is 33.1. The van der Waals surface area contributed by atoms with E-state index in [9.17, 15) is 14.9 Å². The van der Waals surface area contributed by atoms with Gasteiger partial charge in [-0.05, 0) is 109 Å². The van der Waals surface area contributed by atoms with Gasteiger partial charge in [-0.2, -0.15) is 10.2 Å².